The molecule has 0 bridgehead atoms. The number of rotatable bonds is 5. The van der Waals surface area contributed by atoms with Gasteiger partial charge in [-0.3, -0.25) is 4.90 Å². The average molecular weight is 266 g/mol. The van der Waals surface area contributed by atoms with Gasteiger partial charge in [0.15, 0.2) is 0 Å². The first-order chi connectivity index (χ1) is 8.61. The lowest BCUT2D eigenvalue weighted by molar-refractivity contribution is 0.161. The van der Waals surface area contributed by atoms with Crippen molar-refractivity contribution in [1.29, 1.82) is 0 Å². The summed E-state index contributed by atoms with van der Waals surface area (Å²) in [6, 6.07) is 2.87. The highest BCUT2D eigenvalue weighted by molar-refractivity contribution is 7.10. The predicted octanol–water partition coefficient (Wildman–Crippen LogP) is 3.29. The van der Waals surface area contributed by atoms with Gasteiger partial charge in [-0.25, -0.2) is 0 Å². The lowest BCUT2D eigenvalue weighted by atomic mass is 9.94. The summed E-state index contributed by atoms with van der Waals surface area (Å²) in [4.78, 5) is 4.21. The van der Waals surface area contributed by atoms with E-state index in [1.54, 1.807) is 10.4 Å². The molecule has 2 nitrogen and oxygen atoms in total. The van der Waals surface area contributed by atoms with E-state index in [0.29, 0.717) is 12.0 Å². The fourth-order valence-corrected chi connectivity index (χ4v) is 4.02. The molecule has 18 heavy (non-hydrogen) atoms. The van der Waals surface area contributed by atoms with E-state index in [0.717, 1.165) is 19.0 Å². The van der Waals surface area contributed by atoms with E-state index in [9.17, 15) is 0 Å². The number of hydrogen-bond donors (Lipinski definition) is 1. The molecule has 2 heterocycles. The molecule has 0 spiro atoms. The molecule has 0 radical (unpaired) electrons. The van der Waals surface area contributed by atoms with Crippen LogP contribution in [0.15, 0.2) is 11.4 Å². The molecule has 2 unspecified atom stereocenters. The van der Waals surface area contributed by atoms with Crippen LogP contribution in [-0.4, -0.2) is 24.5 Å². The summed E-state index contributed by atoms with van der Waals surface area (Å²) in [5, 5.41) is 2.24. The Morgan fingerprint density at radius 2 is 2.28 bits per heavy atom. The number of nitrogens with two attached hydrogens (primary N) is 1. The summed E-state index contributed by atoms with van der Waals surface area (Å²) in [5.41, 5.74) is 7.48. The van der Waals surface area contributed by atoms with Gasteiger partial charge in [-0.2, -0.15) is 0 Å². The third-order valence-electron chi connectivity index (χ3n) is 4.03. The molecule has 2 N–H and O–H groups in total. The van der Waals surface area contributed by atoms with Crippen LogP contribution in [0.1, 0.15) is 43.7 Å². The largest absolute Gasteiger partial charge is 0.330 e. The Morgan fingerprint density at radius 3 is 2.94 bits per heavy atom. The lowest BCUT2D eigenvalue weighted by Gasteiger charge is -2.36. The van der Waals surface area contributed by atoms with Crippen molar-refractivity contribution in [3.63, 3.8) is 0 Å². The van der Waals surface area contributed by atoms with Crippen LogP contribution in [-0.2, 0) is 6.42 Å². The van der Waals surface area contributed by atoms with Crippen molar-refractivity contribution in [2.75, 3.05) is 19.6 Å². The van der Waals surface area contributed by atoms with Crippen LogP contribution in [0.3, 0.4) is 0 Å². The zero-order valence-corrected chi connectivity index (χ0v) is 12.7. The monoisotopic (exact) mass is 266 g/mol. The molecule has 0 fully saturated rings. The van der Waals surface area contributed by atoms with E-state index < -0.39 is 0 Å². The Balaban J connectivity index is 1.98. The van der Waals surface area contributed by atoms with Gasteiger partial charge >= 0.3 is 0 Å². The molecule has 2 rings (SSSR count). The Labute approximate surface area is 115 Å². The Morgan fingerprint density at radius 1 is 1.50 bits per heavy atom. The third kappa shape index (κ3) is 3.14. The van der Waals surface area contributed by atoms with Crippen molar-refractivity contribution in [3.8, 4) is 0 Å². The quantitative estimate of drug-likeness (QED) is 0.886. The predicted molar refractivity (Wildman–Crippen MR) is 80.0 cm³/mol. The van der Waals surface area contributed by atoms with Gasteiger partial charge in [0.2, 0.25) is 0 Å². The van der Waals surface area contributed by atoms with E-state index in [1.807, 2.05) is 11.3 Å². The highest BCUT2D eigenvalue weighted by atomic mass is 32.1. The number of fused-ring (bicyclic) bond motifs is 1. The molecule has 0 saturated carbocycles. The van der Waals surface area contributed by atoms with Crippen molar-refractivity contribution < 1.29 is 0 Å². The number of thiophene rings is 1. The minimum Gasteiger partial charge on any atom is -0.330 e. The highest BCUT2D eigenvalue weighted by Crippen LogP contribution is 2.33. The van der Waals surface area contributed by atoms with Gasteiger partial charge in [0.25, 0.3) is 0 Å². The van der Waals surface area contributed by atoms with Crippen molar-refractivity contribution in [2.24, 2.45) is 17.6 Å². The van der Waals surface area contributed by atoms with Crippen LogP contribution in [0.25, 0.3) is 0 Å². The zero-order valence-electron chi connectivity index (χ0n) is 11.9. The van der Waals surface area contributed by atoms with Crippen LogP contribution >= 0.6 is 11.3 Å². The summed E-state index contributed by atoms with van der Waals surface area (Å²) < 4.78 is 0. The van der Waals surface area contributed by atoms with Gasteiger partial charge in [-0.05, 0) is 55.2 Å². The summed E-state index contributed by atoms with van der Waals surface area (Å²) in [6.07, 6.45) is 2.46. The first-order valence-electron chi connectivity index (χ1n) is 7.12. The smallest absolute Gasteiger partial charge is 0.0331 e. The third-order valence-corrected chi connectivity index (χ3v) is 5.03. The van der Waals surface area contributed by atoms with Crippen molar-refractivity contribution in [1.82, 2.24) is 4.90 Å². The molecule has 0 aliphatic carbocycles. The maximum Gasteiger partial charge on any atom is 0.0331 e. The lowest BCUT2D eigenvalue weighted by Crippen LogP contribution is -2.39. The average Bonchev–Trinajstić information content (AvgIpc) is 2.80. The first-order valence-corrected chi connectivity index (χ1v) is 8.00. The fraction of sp³-hybridized carbons (Fsp3) is 0.733. The van der Waals surface area contributed by atoms with Gasteiger partial charge < -0.3 is 5.73 Å². The van der Waals surface area contributed by atoms with Crippen LogP contribution < -0.4 is 5.73 Å². The molecule has 0 saturated heterocycles. The van der Waals surface area contributed by atoms with Crippen molar-refractivity contribution in [2.45, 2.75) is 39.7 Å². The standard InChI is InChI=1S/C15H26N2S/c1-11(2)8-13(9-16)10-17-6-4-15-14(12(17)3)5-7-18-15/h5,7,11-13H,4,6,8-10,16H2,1-3H3. The minimum absolute atomic E-state index is 0.571. The number of hydrogen-bond acceptors (Lipinski definition) is 3. The Kier molecular flexibility index (Phi) is 4.82. The second-order valence-corrected chi connectivity index (χ2v) is 6.95. The van der Waals surface area contributed by atoms with E-state index >= 15 is 0 Å². The summed E-state index contributed by atoms with van der Waals surface area (Å²) in [7, 11) is 0. The molecule has 1 aliphatic heterocycles. The van der Waals surface area contributed by atoms with Crippen LogP contribution in [0.2, 0.25) is 0 Å². The first kappa shape index (κ1) is 14.0. The minimum atomic E-state index is 0.571. The van der Waals surface area contributed by atoms with Gasteiger partial charge in [-0.15, -0.1) is 11.3 Å². The van der Waals surface area contributed by atoms with Gasteiger partial charge in [-0.1, -0.05) is 13.8 Å². The normalized spacial score (nSPS) is 22.2. The van der Waals surface area contributed by atoms with Gasteiger partial charge in [0.05, 0.1) is 0 Å². The van der Waals surface area contributed by atoms with E-state index in [2.05, 4.69) is 37.1 Å². The Bertz CT molecular complexity index is 372. The maximum absolute atomic E-state index is 5.93. The molecule has 1 aromatic heterocycles. The van der Waals surface area contributed by atoms with Crippen molar-refractivity contribution in [3.05, 3.63) is 21.9 Å². The highest BCUT2D eigenvalue weighted by Gasteiger charge is 2.26. The van der Waals surface area contributed by atoms with Gasteiger partial charge in [0, 0.05) is 24.0 Å². The summed E-state index contributed by atoms with van der Waals surface area (Å²) in [5.74, 6) is 1.39. The molecule has 0 amide bonds. The maximum atomic E-state index is 5.93. The topological polar surface area (TPSA) is 29.3 Å². The van der Waals surface area contributed by atoms with Crippen molar-refractivity contribution >= 4 is 11.3 Å². The second kappa shape index (κ2) is 6.18. The summed E-state index contributed by atoms with van der Waals surface area (Å²) >= 11 is 1.92. The van der Waals surface area contributed by atoms with Crippen LogP contribution in [0, 0.1) is 11.8 Å². The summed E-state index contributed by atoms with van der Waals surface area (Å²) in [6.45, 7) is 10.1. The van der Waals surface area contributed by atoms with Crippen LogP contribution in [0.5, 0.6) is 0 Å². The van der Waals surface area contributed by atoms with Crippen LogP contribution in [0.4, 0.5) is 0 Å². The molecule has 3 heteroatoms. The molecule has 0 aromatic carbocycles. The molecule has 102 valence electrons. The van der Waals surface area contributed by atoms with E-state index in [1.165, 1.54) is 19.4 Å². The molecule has 1 aliphatic rings. The molecular formula is C15H26N2S. The van der Waals surface area contributed by atoms with Gasteiger partial charge in [0.1, 0.15) is 0 Å². The second-order valence-electron chi connectivity index (χ2n) is 5.95. The Hall–Kier alpha value is -0.380. The fourth-order valence-electron chi connectivity index (χ4n) is 3.05. The molecule has 2 atom stereocenters. The van der Waals surface area contributed by atoms with E-state index in [-0.39, 0.29) is 0 Å². The zero-order chi connectivity index (χ0) is 13.1. The van der Waals surface area contributed by atoms with E-state index in [4.69, 9.17) is 5.73 Å². The number of nitrogens with zero attached hydrogens (tertiary/aromatic N) is 1. The molecule has 1 aromatic rings. The molecular weight excluding hydrogens is 240 g/mol. The SMILES string of the molecule is CC(C)CC(CN)CN1CCc2sccc2C1C.